The lowest BCUT2D eigenvalue weighted by Crippen LogP contribution is -2.20. The van der Waals surface area contributed by atoms with E-state index in [0.29, 0.717) is 11.3 Å². The molecular weight excluding hydrogens is 532 g/mol. The van der Waals surface area contributed by atoms with Crippen molar-refractivity contribution in [1.29, 1.82) is 0 Å². The van der Waals surface area contributed by atoms with Gasteiger partial charge in [-0.2, -0.15) is 18.2 Å². The first-order valence-electron chi connectivity index (χ1n) is 11.8. The molecule has 0 radical (unpaired) electrons. The van der Waals surface area contributed by atoms with Crippen molar-refractivity contribution in [3.05, 3.63) is 96.6 Å². The molecule has 0 fully saturated rings. The minimum Gasteiger partial charge on any atom is -0.486 e. The number of aromatic nitrogens is 3. The van der Waals surface area contributed by atoms with Gasteiger partial charge < -0.3 is 24.5 Å². The number of carbonyl (C=O) groups is 1. The van der Waals surface area contributed by atoms with Gasteiger partial charge in [0.1, 0.15) is 24.2 Å². The minimum absolute atomic E-state index is 0.0108. The monoisotopic (exact) mass is 552 g/mol. The molecule has 1 amide bonds. The van der Waals surface area contributed by atoms with Crippen LogP contribution in [-0.2, 0) is 6.61 Å². The molecular formula is C28H20F4N4O4. The quantitative estimate of drug-likeness (QED) is 0.230. The van der Waals surface area contributed by atoms with Crippen LogP contribution < -0.4 is 19.9 Å². The molecule has 8 nitrogen and oxygen atoms in total. The molecule has 0 saturated heterocycles. The molecule has 0 aliphatic carbocycles. The summed E-state index contributed by atoms with van der Waals surface area (Å²) in [6.07, 6.45) is -4.53. The number of hydrogen-bond donors (Lipinski definition) is 1. The van der Waals surface area contributed by atoms with Gasteiger partial charge in [-0.25, -0.2) is 14.2 Å². The number of rotatable bonds is 8. The van der Waals surface area contributed by atoms with Crippen molar-refractivity contribution in [2.45, 2.75) is 12.8 Å². The number of benzene rings is 3. The SMILES string of the molecule is NC(=O)Oc1ccc(-c2cc3ncnc(OCC(F)(F)F)c3n2-c2ccc(OCc3ccccc3)c(F)c2)cc1. The van der Waals surface area contributed by atoms with Crippen LogP contribution in [-0.4, -0.2) is 33.4 Å². The lowest BCUT2D eigenvalue weighted by Gasteiger charge is -2.15. The van der Waals surface area contributed by atoms with Crippen molar-refractivity contribution in [1.82, 2.24) is 14.5 Å². The van der Waals surface area contributed by atoms with Crippen LogP contribution in [0.1, 0.15) is 5.56 Å². The number of primary amides is 1. The number of ether oxygens (including phenoxy) is 3. The predicted octanol–water partition coefficient (Wildman–Crippen LogP) is 6.20. The van der Waals surface area contributed by atoms with Gasteiger partial charge in [0.15, 0.2) is 18.2 Å². The molecule has 5 aromatic rings. The minimum atomic E-state index is -4.61. The van der Waals surface area contributed by atoms with Crippen LogP contribution in [0.2, 0.25) is 0 Å². The van der Waals surface area contributed by atoms with Gasteiger partial charge in [0.25, 0.3) is 0 Å². The zero-order chi connectivity index (χ0) is 28.3. The Morgan fingerprint density at radius 2 is 1.68 bits per heavy atom. The van der Waals surface area contributed by atoms with Crippen molar-refractivity contribution in [3.63, 3.8) is 0 Å². The second-order valence-corrected chi connectivity index (χ2v) is 8.52. The molecule has 0 spiro atoms. The van der Waals surface area contributed by atoms with E-state index < -0.39 is 24.7 Å². The second-order valence-electron chi connectivity index (χ2n) is 8.52. The van der Waals surface area contributed by atoms with Crippen LogP contribution in [0, 0.1) is 5.82 Å². The number of nitrogens with zero attached hydrogens (tertiary/aromatic N) is 3. The average Bonchev–Trinajstić information content (AvgIpc) is 3.32. The fourth-order valence-electron chi connectivity index (χ4n) is 4.03. The number of nitrogens with two attached hydrogens (primary N) is 1. The van der Waals surface area contributed by atoms with E-state index in [1.165, 1.54) is 28.8 Å². The number of amides is 1. The lowest BCUT2D eigenvalue weighted by molar-refractivity contribution is -0.153. The summed E-state index contributed by atoms with van der Waals surface area (Å²) in [6, 6.07) is 21.1. The summed E-state index contributed by atoms with van der Waals surface area (Å²) < 4.78 is 71.2. The second kappa shape index (κ2) is 10.9. The standard InChI is InChI=1S/C28H20F4N4O4/c29-21-12-19(8-11-24(21)38-14-17-4-2-1-3-5-17)36-23(18-6-9-20(10-7-18)40-27(33)37)13-22-25(36)26(35-16-34-22)39-15-28(30,31)32/h1-13,16H,14-15H2,(H2,33,37). The van der Waals surface area contributed by atoms with E-state index in [2.05, 4.69) is 9.97 Å². The molecule has 2 N–H and O–H groups in total. The third-order valence-corrected chi connectivity index (χ3v) is 5.71. The first-order chi connectivity index (χ1) is 19.2. The maximum Gasteiger partial charge on any atom is 0.422 e. The summed E-state index contributed by atoms with van der Waals surface area (Å²) in [5, 5.41) is 0. The Morgan fingerprint density at radius 3 is 2.35 bits per heavy atom. The number of alkyl halides is 3. The number of hydrogen-bond acceptors (Lipinski definition) is 6. The van der Waals surface area contributed by atoms with E-state index in [0.717, 1.165) is 11.9 Å². The molecule has 0 bridgehead atoms. The first kappa shape index (κ1) is 26.5. The van der Waals surface area contributed by atoms with Gasteiger partial charge in [-0.05, 0) is 53.6 Å². The van der Waals surface area contributed by atoms with Gasteiger partial charge in [0.05, 0.1) is 11.2 Å². The molecule has 204 valence electrons. The summed E-state index contributed by atoms with van der Waals surface area (Å²) in [7, 11) is 0. The van der Waals surface area contributed by atoms with Crippen molar-refractivity contribution >= 4 is 17.1 Å². The molecule has 5 rings (SSSR count). The van der Waals surface area contributed by atoms with Gasteiger partial charge in [-0.1, -0.05) is 30.3 Å². The third-order valence-electron chi connectivity index (χ3n) is 5.71. The van der Waals surface area contributed by atoms with Gasteiger partial charge >= 0.3 is 12.3 Å². The van der Waals surface area contributed by atoms with Gasteiger partial charge in [-0.3, -0.25) is 0 Å². The van der Waals surface area contributed by atoms with E-state index in [-0.39, 0.29) is 40.7 Å². The predicted molar refractivity (Wildman–Crippen MR) is 137 cm³/mol. The molecule has 0 unspecified atom stereocenters. The van der Waals surface area contributed by atoms with Gasteiger partial charge in [0, 0.05) is 11.8 Å². The Balaban J connectivity index is 1.59. The highest BCUT2D eigenvalue weighted by Gasteiger charge is 2.30. The van der Waals surface area contributed by atoms with Crippen molar-refractivity contribution < 1.29 is 36.6 Å². The van der Waals surface area contributed by atoms with E-state index in [1.54, 1.807) is 24.3 Å². The molecule has 2 aromatic heterocycles. The van der Waals surface area contributed by atoms with E-state index in [4.69, 9.17) is 19.9 Å². The molecule has 3 aromatic carbocycles. The van der Waals surface area contributed by atoms with Crippen LogP contribution in [0.5, 0.6) is 17.4 Å². The Bertz CT molecular complexity index is 1660. The summed E-state index contributed by atoms with van der Waals surface area (Å²) in [5.74, 6) is -0.865. The Morgan fingerprint density at radius 1 is 0.925 bits per heavy atom. The maximum atomic E-state index is 15.2. The molecule has 0 aliphatic heterocycles. The van der Waals surface area contributed by atoms with Crippen molar-refractivity contribution in [2.75, 3.05) is 6.61 Å². The topological polar surface area (TPSA) is 101 Å². The lowest BCUT2D eigenvalue weighted by atomic mass is 10.1. The maximum absolute atomic E-state index is 15.2. The Kier molecular flexibility index (Phi) is 7.23. The largest absolute Gasteiger partial charge is 0.486 e. The number of halogens is 4. The van der Waals surface area contributed by atoms with Crippen LogP contribution in [0.25, 0.3) is 28.0 Å². The zero-order valence-electron chi connectivity index (χ0n) is 20.6. The first-order valence-corrected chi connectivity index (χ1v) is 11.8. The zero-order valence-corrected chi connectivity index (χ0v) is 20.6. The third kappa shape index (κ3) is 5.96. The average molecular weight is 552 g/mol. The molecule has 0 saturated carbocycles. The summed E-state index contributed by atoms with van der Waals surface area (Å²) >= 11 is 0. The Hall–Kier alpha value is -5.13. The summed E-state index contributed by atoms with van der Waals surface area (Å²) in [4.78, 5) is 19.2. The molecule has 2 heterocycles. The summed E-state index contributed by atoms with van der Waals surface area (Å²) in [6.45, 7) is -1.45. The van der Waals surface area contributed by atoms with Crippen molar-refractivity contribution in [2.24, 2.45) is 5.73 Å². The van der Waals surface area contributed by atoms with E-state index in [1.807, 2.05) is 30.3 Å². The van der Waals surface area contributed by atoms with Crippen LogP contribution in [0.3, 0.4) is 0 Å². The normalized spacial score (nSPS) is 11.4. The van der Waals surface area contributed by atoms with Crippen LogP contribution in [0.15, 0.2) is 85.2 Å². The number of fused-ring (bicyclic) bond motifs is 1. The smallest absolute Gasteiger partial charge is 0.422 e. The Labute approximate surface area is 224 Å². The highest BCUT2D eigenvalue weighted by molar-refractivity contribution is 5.89. The van der Waals surface area contributed by atoms with Gasteiger partial charge in [0.2, 0.25) is 5.88 Å². The van der Waals surface area contributed by atoms with Crippen LogP contribution in [0.4, 0.5) is 22.4 Å². The number of carbonyl (C=O) groups excluding carboxylic acids is 1. The molecule has 40 heavy (non-hydrogen) atoms. The fraction of sp³-hybridized carbons (Fsp3) is 0.107. The van der Waals surface area contributed by atoms with Gasteiger partial charge in [-0.15, -0.1) is 0 Å². The summed E-state index contributed by atoms with van der Waals surface area (Å²) in [5.41, 5.74) is 7.47. The van der Waals surface area contributed by atoms with E-state index >= 15 is 4.39 Å². The van der Waals surface area contributed by atoms with Crippen molar-refractivity contribution in [3.8, 4) is 34.3 Å². The highest BCUT2D eigenvalue weighted by Crippen LogP contribution is 2.36. The molecule has 12 heteroatoms. The molecule has 0 aliphatic rings. The molecule has 0 atom stereocenters. The highest BCUT2D eigenvalue weighted by atomic mass is 19.4. The van der Waals surface area contributed by atoms with E-state index in [9.17, 15) is 18.0 Å². The van der Waals surface area contributed by atoms with Crippen LogP contribution >= 0.6 is 0 Å². The fourth-order valence-corrected chi connectivity index (χ4v) is 4.03.